The molecule has 1 aliphatic rings. The molecule has 0 spiro atoms. The zero-order chi connectivity index (χ0) is 15.8. The molecule has 0 atom stereocenters. The second-order valence-electron chi connectivity index (χ2n) is 6.06. The number of hydrogen-bond acceptors (Lipinski definition) is 4. The maximum absolute atomic E-state index is 12.3. The minimum atomic E-state index is -1.02. The van der Waals surface area contributed by atoms with Crippen molar-refractivity contribution >= 4 is 23.4 Å². The van der Waals surface area contributed by atoms with Crippen LogP contribution in [0.2, 0.25) is 0 Å². The molecule has 0 saturated heterocycles. The summed E-state index contributed by atoms with van der Waals surface area (Å²) in [6.07, 6.45) is -0.459. The predicted molar refractivity (Wildman–Crippen MR) is 80.3 cm³/mol. The lowest BCUT2D eigenvalue weighted by Crippen LogP contribution is -2.45. The van der Waals surface area contributed by atoms with Gasteiger partial charge < -0.3 is 14.7 Å². The number of hydrogen-bond donors (Lipinski definition) is 1. The van der Waals surface area contributed by atoms with E-state index in [0.717, 1.165) is 5.69 Å². The second kappa shape index (κ2) is 5.27. The number of anilines is 2. The van der Waals surface area contributed by atoms with Crippen LogP contribution in [-0.4, -0.2) is 42.9 Å². The van der Waals surface area contributed by atoms with Crippen LogP contribution >= 0.6 is 0 Å². The molecule has 1 N–H and O–H groups in total. The third kappa shape index (κ3) is 3.26. The van der Waals surface area contributed by atoms with Crippen LogP contribution in [0.4, 0.5) is 16.2 Å². The van der Waals surface area contributed by atoms with Crippen LogP contribution in [-0.2, 0) is 4.74 Å². The number of benzene rings is 1. The van der Waals surface area contributed by atoms with E-state index in [9.17, 15) is 9.59 Å². The van der Waals surface area contributed by atoms with E-state index >= 15 is 0 Å². The Morgan fingerprint density at radius 1 is 1.19 bits per heavy atom. The fraction of sp³-hybridized carbons (Fsp3) is 0.467. The highest BCUT2D eigenvalue weighted by Gasteiger charge is 2.29. The highest BCUT2D eigenvalue weighted by molar-refractivity contribution is 5.97. The number of nitrogens with zero attached hydrogens (tertiary/aromatic N) is 2. The first kappa shape index (κ1) is 15.2. The van der Waals surface area contributed by atoms with Crippen LogP contribution < -0.4 is 9.80 Å². The first-order valence-corrected chi connectivity index (χ1v) is 6.78. The highest BCUT2D eigenvalue weighted by Crippen LogP contribution is 2.34. The Kier molecular flexibility index (Phi) is 3.80. The molecule has 2 rings (SSSR count). The summed E-state index contributed by atoms with van der Waals surface area (Å²) in [5, 5.41) is 9.12. The molecular formula is C15H20N2O4. The Morgan fingerprint density at radius 2 is 1.86 bits per heavy atom. The van der Waals surface area contributed by atoms with Gasteiger partial charge in [0.1, 0.15) is 5.60 Å². The van der Waals surface area contributed by atoms with E-state index in [1.807, 2.05) is 11.9 Å². The van der Waals surface area contributed by atoms with Gasteiger partial charge >= 0.3 is 12.1 Å². The van der Waals surface area contributed by atoms with Crippen LogP contribution in [0.1, 0.15) is 31.1 Å². The van der Waals surface area contributed by atoms with E-state index < -0.39 is 17.7 Å². The van der Waals surface area contributed by atoms with Crippen molar-refractivity contribution < 1.29 is 19.4 Å². The zero-order valence-corrected chi connectivity index (χ0v) is 12.7. The van der Waals surface area contributed by atoms with Gasteiger partial charge in [0, 0.05) is 20.1 Å². The molecule has 1 aromatic rings. The fourth-order valence-electron chi connectivity index (χ4n) is 2.19. The lowest BCUT2D eigenvalue weighted by Gasteiger charge is -2.36. The van der Waals surface area contributed by atoms with Gasteiger partial charge in [0.15, 0.2) is 0 Å². The van der Waals surface area contributed by atoms with Gasteiger partial charge in [-0.1, -0.05) is 0 Å². The van der Waals surface area contributed by atoms with E-state index in [2.05, 4.69) is 0 Å². The van der Waals surface area contributed by atoms with E-state index in [0.29, 0.717) is 18.8 Å². The molecule has 1 aliphatic heterocycles. The first-order chi connectivity index (χ1) is 9.69. The molecule has 21 heavy (non-hydrogen) atoms. The topological polar surface area (TPSA) is 70.1 Å². The Labute approximate surface area is 123 Å². The summed E-state index contributed by atoms with van der Waals surface area (Å²) in [4.78, 5) is 26.9. The van der Waals surface area contributed by atoms with E-state index in [1.54, 1.807) is 26.8 Å². The van der Waals surface area contributed by atoms with Gasteiger partial charge in [-0.2, -0.15) is 0 Å². The summed E-state index contributed by atoms with van der Waals surface area (Å²) in [6, 6.07) is 4.77. The maximum atomic E-state index is 12.3. The van der Waals surface area contributed by atoms with Gasteiger partial charge in [-0.25, -0.2) is 9.59 Å². The molecular weight excluding hydrogens is 272 g/mol. The maximum Gasteiger partial charge on any atom is 0.414 e. The van der Waals surface area contributed by atoms with Gasteiger partial charge in [0.2, 0.25) is 0 Å². The molecule has 0 bridgehead atoms. The van der Waals surface area contributed by atoms with Gasteiger partial charge in [-0.3, -0.25) is 4.90 Å². The minimum Gasteiger partial charge on any atom is -0.478 e. The molecule has 0 radical (unpaired) electrons. The number of ether oxygens (including phenoxy) is 1. The molecule has 0 saturated carbocycles. The number of aromatic carboxylic acids is 1. The summed E-state index contributed by atoms with van der Waals surface area (Å²) in [7, 11) is 1.91. The van der Waals surface area contributed by atoms with Crippen LogP contribution in [0.3, 0.4) is 0 Å². The van der Waals surface area contributed by atoms with Gasteiger partial charge in [0.05, 0.1) is 16.9 Å². The third-order valence-electron chi connectivity index (χ3n) is 3.20. The fourth-order valence-corrected chi connectivity index (χ4v) is 2.19. The molecule has 6 nitrogen and oxygen atoms in total. The van der Waals surface area contributed by atoms with Crippen molar-refractivity contribution in [3.8, 4) is 0 Å². The minimum absolute atomic E-state index is 0.151. The normalized spacial score (nSPS) is 14.7. The molecule has 0 aromatic heterocycles. The van der Waals surface area contributed by atoms with E-state index in [1.165, 1.54) is 17.0 Å². The van der Waals surface area contributed by atoms with Crippen LogP contribution in [0.5, 0.6) is 0 Å². The summed E-state index contributed by atoms with van der Waals surface area (Å²) in [5.74, 6) is -1.02. The lowest BCUT2D eigenvalue weighted by molar-refractivity contribution is 0.0578. The Morgan fingerprint density at radius 3 is 2.43 bits per heavy atom. The molecule has 0 unspecified atom stereocenters. The number of rotatable bonds is 1. The van der Waals surface area contributed by atoms with Crippen LogP contribution in [0, 0.1) is 0 Å². The van der Waals surface area contributed by atoms with Gasteiger partial charge in [-0.15, -0.1) is 0 Å². The van der Waals surface area contributed by atoms with Crippen molar-refractivity contribution in [1.29, 1.82) is 0 Å². The average Bonchev–Trinajstić information content (AvgIpc) is 2.36. The van der Waals surface area contributed by atoms with Crippen molar-refractivity contribution in [3.05, 3.63) is 23.8 Å². The number of carbonyl (C=O) groups excluding carboxylic acids is 1. The van der Waals surface area contributed by atoms with Crippen molar-refractivity contribution in [1.82, 2.24) is 0 Å². The summed E-state index contributed by atoms with van der Waals surface area (Å²) in [5.41, 5.74) is 0.943. The SMILES string of the molecule is CN1CCN(C(=O)OC(C)(C)C)c2cc(C(=O)O)ccc21. The Hall–Kier alpha value is -2.24. The first-order valence-electron chi connectivity index (χ1n) is 6.78. The monoisotopic (exact) mass is 292 g/mol. The largest absolute Gasteiger partial charge is 0.478 e. The lowest BCUT2D eigenvalue weighted by atomic mass is 10.1. The van der Waals surface area contributed by atoms with Crippen molar-refractivity contribution in [2.75, 3.05) is 29.9 Å². The second-order valence-corrected chi connectivity index (χ2v) is 6.06. The summed E-state index contributed by atoms with van der Waals surface area (Å²) < 4.78 is 5.39. The van der Waals surface area contributed by atoms with Crippen molar-refractivity contribution in [3.63, 3.8) is 0 Å². The van der Waals surface area contributed by atoms with Crippen molar-refractivity contribution in [2.45, 2.75) is 26.4 Å². The van der Waals surface area contributed by atoms with E-state index in [4.69, 9.17) is 9.84 Å². The zero-order valence-electron chi connectivity index (χ0n) is 12.7. The number of likely N-dealkylation sites (N-methyl/N-ethyl adjacent to an activating group) is 1. The molecule has 0 aliphatic carbocycles. The molecule has 6 heteroatoms. The number of fused-ring (bicyclic) bond motifs is 1. The van der Waals surface area contributed by atoms with Gasteiger partial charge in [-0.05, 0) is 39.0 Å². The predicted octanol–water partition coefficient (Wildman–Crippen LogP) is 2.58. The number of carboxylic acid groups (broad SMARTS) is 1. The van der Waals surface area contributed by atoms with Crippen molar-refractivity contribution in [2.24, 2.45) is 0 Å². The third-order valence-corrected chi connectivity index (χ3v) is 3.20. The Balaban J connectivity index is 2.39. The molecule has 1 amide bonds. The van der Waals surface area contributed by atoms with Crippen LogP contribution in [0.25, 0.3) is 0 Å². The van der Waals surface area contributed by atoms with Crippen LogP contribution in [0.15, 0.2) is 18.2 Å². The quantitative estimate of drug-likeness (QED) is 0.861. The van der Waals surface area contributed by atoms with E-state index in [-0.39, 0.29) is 5.56 Å². The average molecular weight is 292 g/mol. The summed E-state index contributed by atoms with van der Waals surface area (Å²) >= 11 is 0. The number of carbonyl (C=O) groups is 2. The molecule has 114 valence electrons. The smallest absolute Gasteiger partial charge is 0.414 e. The number of carboxylic acids is 1. The molecule has 0 fully saturated rings. The molecule has 1 heterocycles. The van der Waals surface area contributed by atoms with Gasteiger partial charge in [0.25, 0.3) is 0 Å². The summed E-state index contributed by atoms with van der Waals surface area (Å²) in [6.45, 7) is 6.53. The highest BCUT2D eigenvalue weighted by atomic mass is 16.6. The standard InChI is InChI=1S/C15H20N2O4/c1-15(2,3)21-14(20)17-8-7-16(4)11-6-5-10(13(18)19)9-12(11)17/h5-6,9H,7-8H2,1-4H3,(H,18,19). The Bertz CT molecular complexity index is 578. The number of amides is 1. The molecule has 1 aromatic carbocycles.